The van der Waals surface area contributed by atoms with E-state index in [9.17, 15) is 43.5 Å². The molecule has 0 aliphatic carbocycles. The van der Waals surface area contributed by atoms with Crippen LogP contribution in [0, 0.1) is 11.3 Å². The van der Waals surface area contributed by atoms with Gasteiger partial charge >= 0.3 is 12.1 Å². The van der Waals surface area contributed by atoms with Gasteiger partial charge < -0.3 is 46.2 Å². The molecule has 0 bridgehead atoms. The van der Waals surface area contributed by atoms with Crippen LogP contribution in [0.3, 0.4) is 0 Å². The van der Waals surface area contributed by atoms with Crippen LogP contribution in [0.2, 0.25) is 0 Å². The molecule has 1 aliphatic rings. The summed E-state index contributed by atoms with van der Waals surface area (Å²) in [5.41, 5.74) is 3.91. The van der Waals surface area contributed by atoms with Crippen molar-refractivity contribution in [3.63, 3.8) is 0 Å². The number of anilines is 2. The average Bonchev–Trinajstić information content (AvgIpc) is 3.47. The number of carbonyl (C=O) groups excluding carboxylic acids is 7. The Labute approximate surface area is 485 Å². The largest absolute Gasteiger partial charge is 0.478 e. The minimum atomic E-state index is -1.09. The van der Waals surface area contributed by atoms with Crippen molar-refractivity contribution in [2.24, 2.45) is 11.3 Å². The van der Waals surface area contributed by atoms with Crippen LogP contribution in [0.25, 0.3) is 12.2 Å². The predicted octanol–water partition coefficient (Wildman–Crippen LogP) is 9.20. The fourth-order valence-corrected chi connectivity index (χ4v) is 8.69. The summed E-state index contributed by atoms with van der Waals surface area (Å²) in [4.78, 5) is 108. The standard InChI is InChI=1S/C61H80N8O10.C3H8/c1-12-22-46(64-50(71)38-63-55(73)52(40(2)3)66-49(70)30-17-18-31-51(72)69-39-44-25-14-13-23-42(44)32-33-43-24-15-16-29-48(43)69)27-19-20-36-79-59(78)65-47-28-21-26-45(37-47)61(8,9)53(62-10)56(74)67-54(60(5,6)7)57(75)68(11)35-34-41(4)58(76)77;1-3-2/h12-16,19-29,32-34,37,40,52-54,62H,17-18,30-31,35-36,38-39H2,1-11H3,(H,63,73)(H,64,71)(H,65,78)(H,66,70)(H,67,74)(H,76,77);3H2,1-2H3/b20-19+,22-12-,33-32-,41-34+,46-27+;. The molecule has 3 aromatic carbocycles. The van der Waals surface area contributed by atoms with Gasteiger partial charge in [0.1, 0.15) is 18.7 Å². The monoisotopic (exact) mass is 1130 g/mol. The summed E-state index contributed by atoms with van der Waals surface area (Å²) in [6.45, 7) is 20.2. The van der Waals surface area contributed by atoms with E-state index in [2.05, 4.69) is 51.8 Å². The molecule has 82 heavy (non-hydrogen) atoms. The Morgan fingerprint density at radius 2 is 1.46 bits per heavy atom. The number of hydrogen-bond acceptors (Lipinski definition) is 10. The molecular formula is C64H88N8O10. The van der Waals surface area contributed by atoms with Crippen molar-refractivity contribution in [1.82, 2.24) is 31.5 Å². The third kappa shape index (κ3) is 21.7. The van der Waals surface area contributed by atoms with E-state index in [1.54, 1.807) is 88.3 Å². The first-order chi connectivity index (χ1) is 38.8. The van der Waals surface area contributed by atoms with Crippen molar-refractivity contribution >= 4 is 71.0 Å². The van der Waals surface area contributed by atoms with Crippen LogP contribution < -0.4 is 36.8 Å². The zero-order valence-electron chi connectivity index (χ0n) is 50.2. The van der Waals surface area contributed by atoms with Crippen LogP contribution >= 0.6 is 0 Å². The molecule has 3 atom stereocenters. The molecule has 0 aromatic heterocycles. The van der Waals surface area contributed by atoms with Gasteiger partial charge in [-0.25, -0.2) is 9.59 Å². The molecule has 444 valence electrons. The number of carbonyl (C=O) groups is 8. The van der Waals surface area contributed by atoms with Crippen molar-refractivity contribution in [2.75, 3.05) is 44.0 Å². The zero-order chi connectivity index (χ0) is 61.2. The van der Waals surface area contributed by atoms with Gasteiger partial charge in [0.05, 0.1) is 24.8 Å². The number of benzene rings is 3. The molecule has 3 aromatic rings. The summed E-state index contributed by atoms with van der Waals surface area (Å²) in [7, 11) is 3.19. The minimum Gasteiger partial charge on any atom is -0.478 e. The van der Waals surface area contributed by atoms with Crippen molar-refractivity contribution in [1.29, 1.82) is 0 Å². The highest BCUT2D eigenvalue weighted by molar-refractivity contribution is 5.97. The molecule has 1 heterocycles. The lowest BCUT2D eigenvalue weighted by atomic mass is 9.76. The number of nitrogens with zero attached hydrogens (tertiary/aromatic N) is 2. The maximum absolute atomic E-state index is 14.0. The quantitative estimate of drug-likeness (QED) is 0.0239. The number of hydrogen-bond donors (Lipinski definition) is 7. The van der Waals surface area contributed by atoms with Gasteiger partial charge in [-0.2, -0.15) is 0 Å². The Morgan fingerprint density at radius 3 is 2.11 bits per heavy atom. The number of aliphatic carboxylic acids is 1. The molecule has 0 radical (unpaired) electrons. The third-order valence-electron chi connectivity index (χ3n) is 13.4. The van der Waals surface area contributed by atoms with Gasteiger partial charge in [-0.15, -0.1) is 0 Å². The van der Waals surface area contributed by atoms with Gasteiger partial charge in [0.15, 0.2) is 0 Å². The highest BCUT2D eigenvalue weighted by Crippen LogP contribution is 2.32. The lowest BCUT2D eigenvalue weighted by Crippen LogP contribution is -2.60. The maximum Gasteiger partial charge on any atom is 0.411 e. The molecule has 7 N–H and O–H groups in total. The second-order valence-electron chi connectivity index (χ2n) is 22.1. The van der Waals surface area contributed by atoms with Crippen molar-refractivity contribution in [3.05, 3.63) is 143 Å². The van der Waals surface area contributed by atoms with Gasteiger partial charge in [-0.3, -0.25) is 34.1 Å². The van der Waals surface area contributed by atoms with Crippen LogP contribution in [-0.4, -0.2) is 109 Å². The topological polar surface area (TPSA) is 245 Å². The number of carboxylic acid groups (broad SMARTS) is 1. The second kappa shape index (κ2) is 33.6. The van der Waals surface area contributed by atoms with Gasteiger partial charge in [-0.1, -0.05) is 154 Å². The van der Waals surface area contributed by atoms with E-state index in [1.165, 1.54) is 24.3 Å². The first-order valence-electron chi connectivity index (χ1n) is 28.0. The Bertz CT molecular complexity index is 2840. The SMILES string of the molecule is CCC.C\C=C/C(=C\C=C\COC(=O)Nc1cccc(C(C)(C)C(NC)C(=O)NC(C(=O)N(C)C/C=C(\C)C(=O)O)C(C)(C)C)c1)NC(=O)CNC(=O)C(NC(=O)CCCCC(=O)N1Cc2ccccc2/C=C\c2ccccc21)C(C)C. The molecule has 0 spiro atoms. The zero-order valence-corrected chi connectivity index (χ0v) is 50.2. The number of para-hydroxylation sites is 1. The van der Waals surface area contributed by atoms with Gasteiger partial charge in [0.25, 0.3) is 0 Å². The maximum atomic E-state index is 14.0. The van der Waals surface area contributed by atoms with Crippen LogP contribution in [0.1, 0.15) is 131 Å². The van der Waals surface area contributed by atoms with E-state index in [0.717, 1.165) is 22.4 Å². The predicted molar refractivity (Wildman–Crippen MR) is 325 cm³/mol. The Kier molecular flexibility index (Phi) is 27.9. The fourth-order valence-electron chi connectivity index (χ4n) is 8.69. The van der Waals surface area contributed by atoms with Crippen LogP contribution in [-0.2, 0) is 50.3 Å². The highest BCUT2D eigenvalue weighted by atomic mass is 16.5. The smallest absolute Gasteiger partial charge is 0.411 e. The van der Waals surface area contributed by atoms with E-state index < -0.39 is 58.7 Å². The summed E-state index contributed by atoms with van der Waals surface area (Å²) in [6, 6.07) is 20.0. The molecule has 4 rings (SSSR count). The van der Waals surface area contributed by atoms with Crippen molar-refractivity contribution in [3.8, 4) is 0 Å². The van der Waals surface area contributed by atoms with E-state index >= 15 is 0 Å². The molecular weight excluding hydrogens is 1040 g/mol. The van der Waals surface area contributed by atoms with Crippen LogP contribution in [0.15, 0.2) is 121 Å². The molecule has 18 heteroatoms. The highest BCUT2D eigenvalue weighted by Gasteiger charge is 2.41. The number of unbranched alkanes of at least 4 members (excludes halogenated alkanes) is 1. The van der Waals surface area contributed by atoms with E-state index in [0.29, 0.717) is 36.3 Å². The van der Waals surface area contributed by atoms with Gasteiger partial charge in [0, 0.05) is 48.8 Å². The summed E-state index contributed by atoms with van der Waals surface area (Å²) in [5.74, 6) is -3.59. The van der Waals surface area contributed by atoms with Crippen LogP contribution in [0.4, 0.5) is 16.2 Å². The number of allylic oxidation sites excluding steroid dienone is 4. The van der Waals surface area contributed by atoms with E-state index in [4.69, 9.17) is 4.74 Å². The Balaban J connectivity index is 0.00000575. The third-order valence-corrected chi connectivity index (χ3v) is 13.4. The second-order valence-corrected chi connectivity index (χ2v) is 22.1. The number of likely N-dealkylation sites (N-methyl/N-ethyl adjacent to an activating group) is 2. The van der Waals surface area contributed by atoms with Crippen molar-refractivity contribution < 1.29 is 48.2 Å². The summed E-state index contributed by atoms with van der Waals surface area (Å²) < 4.78 is 5.37. The number of fused-ring (bicyclic) bond motifs is 2. The van der Waals surface area contributed by atoms with E-state index in [1.807, 2.05) is 95.3 Å². The van der Waals surface area contributed by atoms with Crippen molar-refractivity contribution in [2.45, 2.75) is 138 Å². The Morgan fingerprint density at radius 1 is 0.817 bits per heavy atom. The number of carboxylic acids is 1. The van der Waals surface area contributed by atoms with Crippen LogP contribution in [0.5, 0.6) is 0 Å². The molecule has 0 fully saturated rings. The molecule has 7 amide bonds. The summed E-state index contributed by atoms with van der Waals surface area (Å²) >= 11 is 0. The molecule has 0 saturated carbocycles. The normalized spacial score (nSPS) is 14.1. The molecule has 3 unspecified atom stereocenters. The van der Waals surface area contributed by atoms with Gasteiger partial charge in [-0.05, 0) is 104 Å². The first kappa shape index (κ1) is 68.2. The number of rotatable bonds is 25. The minimum absolute atomic E-state index is 0.0445. The molecule has 18 nitrogen and oxygen atoms in total. The summed E-state index contributed by atoms with van der Waals surface area (Å²) in [5, 5.41) is 26.1. The number of amides is 7. The molecule has 0 saturated heterocycles. The lowest BCUT2D eigenvalue weighted by molar-refractivity contribution is -0.139. The van der Waals surface area contributed by atoms with E-state index in [-0.39, 0.29) is 61.8 Å². The van der Waals surface area contributed by atoms with Gasteiger partial charge in [0.2, 0.25) is 35.4 Å². The lowest BCUT2D eigenvalue weighted by Gasteiger charge is -2.38. The summed E-state index contributed by atoms with van der Waals surface area (Å²) in [6.07, 6.45) is 15.4. The Hall–Kier alpha value is -8.12. The first-order valence-corrected chi connectivity index (χ1v) is 28.0. The number of ether oxygens (including phenoxy) is 1. The fraction of sp³-hybridized carbons (Fsp3) is 0.438. The number of nitrogens with one attached hydrogen (secondary N) is 6. The average molecular weight is 1130 g/mol. The molecule has 1 aliphatic heterocycles.